The van der Waals surface area contributed by atoms with Gasteiger partial charge in [-0.1, -0.05) is 39.0 Å². The molecule has 0 unspecified atom stereocenters. The Hall–Kier alpha value is -0.870. The van der Waals surface area contributed by atoms with Gasteiger partial charge < -0.3 is 0 Å². The molecule has 102 valence electrons. The first-order valence-electron chi connectivity index (χ1n) is 6.42. The van der Waals surface area contributed by atoms with Crippen molar-refractivity contribution in [2.45, 2.75) is 46.6 Å². The van der Waals surface area contributed by atoms with Crippen molar-refractivity contribution in [3.8, 4) is 0 Å². The minimum atomic E-state index is -3.13. The van der Waals surface area contributed by atoms with E-state index in [-0.39, 0.29) is 5.75 Å². The van der Waals surface area contributed by atoms with Crippen LogP contribution in [0, 0.1) is 6.92 Å². The minimum absolute atomic E-state index is 0.190. The second kappa shape index (κ2) is 6.34. The van der Waals surface area contributed by atoms with Gasteiger partial charge in [-0.3, -0.25) is 0 Å². The van der Waals surface area contributed by atoms with Crippen molar-refractivity contribution in [3.63, 3.8) is 0 Å². The highest BCUT2D eigenvalue weighted by Crippen LogP contribution is 2.18. The van der Waals surface area contributed by atoms with E-state index >= 15 is 0 Å². The summed E-state index contributed by atoms with van der Waals surface area (Å²) in [5, 5.41) is 0. The van der Waals surface area contributed by atoms with E-state index in [1.165, 1.54) is 5.56 Å². The van der Waals surface area contributed by atoms with E-state index in [4.69, 9.17) is 0 Å². The van der Waals surface area contributed by atoms with Crippen molar-refractivity contribution in [3.05, 3.63) is 34.9 Å². The standard InChI is InChI=1S/C14H23NO2S/c1-5-8-18(16,17)15-10-14-9-13(11(2)3)7-6-12(14)4/h6-7,9,11,15H,5,8,10H2,1-4H3. The van der Waals surface area contributed by atoms with Crippen molar-refractivity contribution in [1.82, 2.24) is 4.72 Å². The fourth-order valence-electron chi connectivity index (χ4n) is 1.77. The normalized spacial score (nSPS) is 12.1. The molecule has 0 bridgehead atoms. The first-order chi connectivity index (χ1) is 8.35. The summed E-state index contributed by atoms with van der Waals surface area (Å²) < 4.78 is 25.9. The van der Waals surface area contributed by atoms with Gasteiger partial charge in [-0.15, -0.1) is 0 Å². The summed E-state index contributed by atoms with van der Waals surface area (Å²) in [6.07, 6.45) is 0.639. The first-order valence-corrected chi connectivity index (χ1v) is 8.07. The van der Waals surface area contributed by atoms with Gasteiger partial charge in [0.2, 0.25) is 10.0 Å². The molecule has 1 rings (SSSR count). The molecule has 0 saturated heterocycles. The molecule has 1 aromatic carbocycles. The Morgan fingerprint density at radius 1 is 1.28 bits per heavy atom. The number of rotatable bonds is 6. The molecule has 18 heavy (non-hydrogen) atoms. The maximum Gasteiger partial charge on any atom is 0.211 e. The van der Waals surface area contributed by atoms with Gasteiger partial charge in [0.05, 0.1) is 5.75 Å². The zero-order chi connectivity index (χ0) is 13.8. The molecule has 1 aromatic rings. The molecule has 0 amide bonds. The third-order valence-corrected chi connectivity index (χ3v) is 4.53. The maximum atomic E-state index is 11.6. The van der Waals surface area contributed by atoms with E-state index in [0.717, 1.165) is 11.1 Å². The highest BCUT2D eigenvalue weighted by atomic mass is 32.2. The lowest BCUT2D eigenvalue weighted by Gasteiger charge is -2.12. The zero-order valence-electron chi connectivity index (χ0n) is 11.7. The van der Waals surface area contributed by atoms with Crippen molar-refractivity contribution >= 4 is 10.0 Å². The molecule has 4 heteroatoms. The quantitative estimate of drug-likeness (QED) is 0.863. The van der Waals surface area contributed by atoms with Crippen molar-refractivity contribution in [1.29, 1.82) is 0 Å². The SMILES string of the molecule is CCCS(=O)(=O)NCc1cc(C(C)C)ccc1C. The summed E-state index contributed by atoms with van der Waals surface area (Å²) >= 11 is 0. The third kappa shape index (κ3) is 4.42. The smallest absolute Gasteiger partial charge is 0.211 e. The van der Waals surface area contributed by atoms with Gasteiger partial charge in [-0.25, -0.2) is 13.1 Å². The highest BCUT2D eigenvalue weighted by Gasteiger charge is 2.10. The van der Waals surface area contributed by atoms with Crippen molar-refractivity contribution in [2.24, 2.45) is 0 Å². The predicted molar refractivity (Wildman–Crippen MR) is 76.2 cm³/mol. The third-order valence-electron chi connectivity index (χ3n) is 3.00. The van der Waals surface area contributed by atoms with Gasteiger partial charge in [-0.2, -0.15) is 0 Å². The molecule has 0 aliphatic carbocycles. The lowest BCUT2D eigenvalue weighted by molar-refractivity contribution is 0.580. The number of hydrogen-bond acceptors (Lipinski definition) is 2. The largest absolute Gasteiger partial charge is 0.212 e. The van der Waals surface area contributed by atoms with Gasteiger partial charge in [0.25, 0.3) is 0 Å². The van der Waals surface area contributed by atoms with Crippen LogP contribution in [0.4, 0.5) is 0 Å². The van der Waals surface area contributed by atoms with Gasteiger partial charge in [-0.05, 0) is 36.0 Å². The van der Waals surface area contributed by atoms with Crippen LogP contribution in [0.1, 0.15) is 49.8 Å². The molecule has 0 aliphatic rings. The van der Waals surface area contributed by atoms with E-state index in [1.54, 1.807) is 0 Å². The predicted octanol–water partition coefficient (Wildman–Crippen LogP) is 2.95. The van der Waals surface area contributed by atoms with E-state index < -0.39 is 10.0 Å². The van der Waals surface area contributed by atoms with Gasteiger partial charge >= 0.3 is 0 Å². The Bertz CT molecular complexity index is 493. The molecule has 1 N–H and O–H groups in total. The Morgan fingerprint density at radius 3 is 2.50 bits per heavy atom. The van der Waals surface area contributed by atoms with Gasteiger partial charge in [0.15, 0.2) is 0 Å². The van der Waals surface area contributed by atoms with Crippen LogP contribution in [0.2, 0.25) is 0 Å². The summed E-state index contributed by atoms with van der Waals surface area (Å²) in [7, 11) is -3.13. The fraction of sp³-hybridized carbons (Fsp3) is 0.571. The second-order valence-electron chi connectivity index (χ2n) is 4.98. The Balaban J connectivity index is 2.81. The number of aryl methyl sites for hydroxylation is 1. The fourth-order valence-corrected chi connectivity index (χ4v) is 2.83. The van der Waals surface area contributed by atoms with Crippen molar-refractivity contribution in [2.75, 3.05) is 5.75 Å². The molecule has 0 atom stereocenters. The second-order valence-corrected chi connectivity index (χ2v) is 6.91. The molecule has 0 spiro atoms. The molecule has 0 aliphatic heterocycles. The average molecular weight is 269 g/mol. The Labute approximate surface area is 111 Å². The van der Waals surface area contributed by atoms with Gasteiger partial charge in [0.1, 0.15) is 0 Å². The molecule has 3 nitrogen and oxygen atoms in total. The summed E-state index contributed by atoms with van der Waals surface area (Å²) in [5.41, 5.74) is 3.42. The maximum absolute atomic E-state index is 11.6. The van der Waals surface area contributed by atoms with Crippen LogP contribution in [0.15, 0.2) is 18.2 Å². The van der Waals surface area contributed by atoms with Crippen LogP contribution in [0.3, 0.4) is 0 Å². The van der Waals surface area contributed by atoms with Crippen molar-refractivity contribution < 1.29 is 8.42 Å². The van der Waals surface area contributed by atoms with Crippen LogP contribution in [0.25, 0.3) is 0 Å². The van der Waals surface area contributed by atoms with E-state index in [9.17, 15) is 8.42 Å². The van der Waals surface area contributed by atoms with Crippen LogP contribution in [-0.4, -0.2) is 14.2 Å². The minimum Gasteiger partial charge on any atom is -0.212 e. The summed E-state index contributed by atoms with van der Waals surface area (Å²) in [6, 6.07) is 6.25. The molecular weight excluding hydrogens is 246 g/mol. The Kier molecular flexibility index (Phi) is 5.35. The zero-order valence-corrected chi connectivity index (χ0v) is 12.5. The number of nitrogens with one attached hydrogen (secondary N) is 1. The molecule has 0 heterocycles. The van der Waals surface area contributed by atoms with E-state index in [1.807, 2.05) is 13.8 Å². The average Bonchev–Trinajstić information content (AvgIpc) is 2.27. The van der Waals surface area contributed by atoms with Gasteiger partial charge in [0, 0.05) is 6.54 Å². The summed E-state index contributed by atoms with van der Waals surface area (Å²) in [4.78, 5) is 0. The molecule has 0 aromatic heterocycles. The van der Waals surface area contributed by atoms with Crippen LogP contribution in [-0.2, 0) is 16.6 Å². The summed E-state index contributed by atoms with van der Waals surface area (Å²) in [6.45, 7) is 8.53. The summed E-state index contributed by atoms with van der Waals surface area (Å²) in [5.74, 6) is 0.646. The lowest BCUT2D eigenvalue weighted by atomic mass is 9.98. The molecule has 0 radical (unpaired) electrons. The van der Waals surface area contributed by atoms with E-state index in [2.05, 4.69) is 36.8 Å². The molecular formula is C14H23NO2S. The van der Waals surface area contributed by atoms with Crippen LogP contribution >= 0.6 is 0 Å². The van der Waals surface area contributed by atoms with Crippen LogP contribution < -0.4 is 4.72 Å². The monoisotopic (exact) mass is 269 g/mol. The number of sulfonamides is 1. The lowest BCUT2D eigenvalue weighted by Crippen LogP contribution is -2.26. The van der Waals surface area contributed by atoms with Crippen LogP contribution in [0.5, 0.6) is 0 Å². The van der Waals surface area contributed by atoms with E-state index in [0.29, 0.717) is 18.9 Å². The highest BCUT2D eigenvalue weighted by molar-refractivity contribution is 7.89. The number of benzene rings is 1. The molecule has 0 fully saturated rings. The molecule has 0 saturated carbocycles. The first kappa shape index (κ1) is 15.2. The Morgan fingerprint density at radius 2 is 1.94 bits per heavy atom. The topological polar surface area (TPSA) is 46.2 Å². The number of hydrogen-bond donors (Lipinski definition) is 1.